The molecule has 3 aromatic carbocycles. The van der Waals surface area contributed by atoms with E-state index in [1.54, 1.807) is 0 Å². The third-order valence-electron chi connectivity index (χ3n) is 6.75. The molecule has 9 nitrogen and oxygen atoms in total. The first-order chi connectivity index (χ1) is 21.5. The van der Waals surface area contributed by atoms with Crippen LogP contribution in [0.5, 0.6) is 5.75 Å². The molecular formula is C28H20F7N3O6S2. The number of non-ortho nitro benzene ring substituents is 1. The number of aromatic nitrogens is 1. The van der Waals surface area contributed by atoms with Crippen LogP contribution in [-0.4, -0.2) is 36.9 Å². The van der Waals surface area contributed by atoms with E-state index >= 15 is 0 Å². The second-order valence-corrected chi connectivity index (χ2v) is 12.7. The van der Waals surface area contributed by atoms with Gasteiger partial charge in [0.2, 0.25) is 0 Å². The number of anilines is 1. The lowest BCUT2D eigenvalue weighted by Gasteiger charge is -2.16. The van der Waals surface area contributed by atoms with E-state index in [2.05, 4.69) is 14.4 Å². The number of thiazole rings is 1. The molecule has 1 heterocycles. The van der Waals surface area contributed by atoms with Crippen molar-refractivity contribution in [2.45, 2.75) is 48.9 Å². The Morgan fingerprint density at radius 2 is 1.63 bits per heavy atom. The fourth-order valence-electron chi connectivity index (χ4n) is 4.77. The van der Waals surface area contributed by atoms with E-state index < -0.39 is 61.7 Å². The van der Waals surface area contributed by atoms with Crippen molar-refractivity contribution >= 4 is 32.2 Å². The predicted molar refractivity (Wildman–Crippen MR) is 151 cm³/mol. The van der Waals surface area contributed by atoms with Gasteiger partial charge in [0.1, 0.15) is 17.7 Å². The summed E-state index contributed by atoms with van der Waals surface area (Å²) in [6.45, 7) is 0. The van der Waals surface area contributed by atoms with E-state index in [1.165, 1.54) is 6.07 Å². The van der Waals surface area contributed by atoms with Crippen LogP contribution in [-0.2, 0) is 20.9 Å². The van der Waals surface area contributed by atoms with Gasteiger partial charge in [-0.3, -0.25) is 19.6 Å². The Morgan fingerprint density at radius 3 is 2.28 bits per heavy atom. The predicted octanol–water partition coefficient (Wildman–Crippen LogP) is 8.18. The van der Waals surface area contributed by atoms with Gasteiger partial charge in [0.05, 0.1) is 32.1 Å². The molecule has 1 aliphatic rings. The Hall–Kier alpha value is -4.29. The summed E-state index contributed by atoms with van der Waals surface area (Å²) >= 11 is 0.691. The van der Waals surface area contributed by atoms with E-state index in [0.717, 1.165) is 60.7 Å². The fraction of sp³-hybridized carbons (Fsp3) is 0.250. The molecule has 46 heavy (non-hydrogen) atoms. The smallest absolute Gasteiger partial charge is 0.490 e. The number of rotatable bonds is 9. The molecule has 0 amide bonds. The Balaban J connectivity index is 1.51. The maximum absolute atomic E-state index is 14.8. The number of nitrogens with one attached hydrogen (secondary N) is 1. The molecule has 5 rings (SSSR count). The van der Waals surface area contributed by atoms with Gasteiger partial charge in [0.15, 0.2) is 5.13 Å². The van der Waals surface area contributed by atoms with Crippen LogP contribution in [0.25, 0.3) is 21.7 Å². The second kappa shape index (κ2) is 12.5. The monoisotopic (exact) mass is 691 g/mol. The van der Waals surface area contributed by atoms with E-state index in [0.29, 0.717) is 11.3 Å². The van der Waals surface area contributed by atoms with Crippen LogP contribution in [0.3, 0.4) is 0 Å². The summed E-state index contributed by atoms with van der Waals surface area (Å²) in [4.78, 5) is 14.2. The highest BCUT2D eigenvalue weighted by Gasteiger charge is 2.38. The summed E-state index contributed by atoms with van der Waals surface area (Å²) in [6.07, 6.45) is -11.3. The molecule has 0 bridgehead atoms. The average Bonchev–Trinajstić information content (AvgIpc) is 3.57. The number of hydrogen-bond acceptors (Lipinski definition) is 8. The van der Waals surface area contributed by atoms with Gasteiger partial charge in [-0.25, -0.2) is 17.8 Å². The summed E-state index contributed by atoms with van der Waals surface area (Å²) in [5, 5.41) is 10.8. The quantitative estimate of drug-likeness (QED) is 0.107. The molecule has 1 N–H and O–H groups in total. The normalized spacial score (nSPS) is 17.2. The Kier molecular flexibility index (Phi) is 8.98. The molecule has 1 aromatic heterocycles. The zero-order chi connectivity index (χ0) is 33.4. The van der Waals surface area contributed by atoms with Crippen molar-refractivity contribution in [2.24, 2.45) is 0 Å². The molecule has 0 saturated heterocycles. The van der Waals surface area contributed by atoms with E-state index in [4.69, 9.17) is 4.74 Å². The molecule has 0 spiro atoms. The Bertz CT molecular complexity index is 1860. The van der Waals surface area contributed by atoms with Crippen LogP contribution in [0.2, 0.25) is 0 Å². The van der Waals surface area contributed by atoms with Gasteiger partial charge < -0.3 is 4.74 Å². The number of nitro benzene ring substituents is 1. The highest BCUT2D eigenvalue weighted by molar-refractivity contribution is 7.93. The second-order valence-electron chi connectivity index (χ2n) is 10.0. The van der Waals surface area contributed by atoms with Crippen LogP contribution in [0, 0.1) is 15.9 Å². The molecule has 18 heteroatoms. The summed E-state index contributed by atoms with van der Waals surface area (Å²) in [7, 11) is -4.46. The molecule has 2 unspecified atom stereocenters. The fourth-order valence-corrected chi connectivity index (χ4v) is 7.02. The SMILES string of the molecule is O=[N+]([O-])c1cccc(S(=O)(=O)Nc2nc(-c3ccc(C(F)(F)F)cc3)c(-c3cc(F)cc(OC4CCC(OC(F)(F)F)C4)c3)s2)c1. The van der Waals surface area contributed by atoms with Gasteiger partial charge >= 0.3 is 12.5 Å². The highest BCUT2D eigenvalue weighted by atomic mass is 32.2. The number of halogens is 7. The molecule has 244 valence electrons. The third kappa shape index (κ3) is 7.91. The molecule has 4 aromatic rings. The van der Waals surface area contributed by atoms with E-state index in [9.17, 15) is 49.3 Å². The molecule has 1 saturated carbocycles. The van der Waals surface area contributed by atoms with Gasteiger partial charge in [-0.05, 0) is 43.2 Å². The first-order valence-corrected chi connectivity index (χ1v) is 15.4. The first kappa shape index (κ1) is 33.1. The van der Waals surface area contributed by atoms with Crippen molar-refractivity contribution in [3.05, 3.63) is 88.2 Å². The molecule has 0 aliphatic heterocycles. The summed E-state index contributed by atoms with van der Waals surface area (Å²) in [5.74, 6) is -0.905. The lowest BCUT2D eigenvalue weighted by molar-refractivity contribution is -0.385. The maximum Gasteiger partial charge on any atom is 0.522 e. The Labute approximate surface area is 259 Å². The van der Waals surface area contributed by atoms with Crippen LogP contribution in [0.1, 0.15) is 24.8 Å². The topological polar surface area (TPSA) is 121 Å². The first-order valence-electron chi connectivity index (χ1n) is 13.1. The van der Waals surface area contributed by atoms with Crippen molar-refractivity contribution in [3.8, 4) is 27.4 Å². The molecule has 1 fully saturated rings. The number of benzene rings is 3. The molecule has 1 aliphatic carbocycles. The standard InChI is InChI=1S/C28H20F7N3O6S2/c29-18-10-16(11-22(12-18)43-20-8-9-21(14-20)44-28(33,34)35)25-24(15-4-6-17(7-5-15)27(30,31)32)36-26(45-25)37-46(41,42)23-3-1-2-19(13-23)38(39)40/h1-7,10-13,20-21H,8-9,14H2,(H,36,37). The Morgan fingerprint density at radius 1 is 0.935 bits per heavy atom. The third-order valence-corrected chi connectivity index (χ3v) is 9.23. The number of alkyl halides is 6. The van der Waals surface area contributed by atoms with E-state index in [-0.39, 0.29) is 51.8 Å². The van der Waals surface area contributed by atoms with Gasteiger partial charge in [0.25, 0.3) is 15.7 Å². The number of nitrogens with zero attached hydrogens (tertiary/aromatic N) is 2. The summed E-state index contributed by atoms with van der Waals surface area (Å²) in [5.41, 5.74) is -1.32. The number of nitro groups is 1. The summed E-state index contributed by atoms with van der Waals surface area (Å²) < 4.78 is 130. The molecular weight excluding hydrogens is 671 g/mol. The zero-order valence-electron chi connectivity index (χ0n) is 22.9. The maximum atomic E-state index is 14.8. The lowest BCUT2D eigenvalue weighted by atomic mass is 10.0. The minimum atomic E-state index is -4.83. The minimum absolute atomic E-state index is 0.0356. The number of hydrogen-bond donors (Lipinski definition) is 1. The van der Waals surface area contributed by atoms with Crippen molar-refractivity contribution in [1.82, 2.24) is 4.98 Å². The van der Waals surface area contributed by atoms with Gasteiger partial charge in [-0.1, -0.05) is 29.5 Å². The number of ether oxygens (including phenoxy) is 2. The minimum Gasteiger partial charge on any atom is -0.490 e. The average molecular weight is 692 g/mol. The van der Waals surface area contributed by atoms with E-state index in [1.807, 2.05) is 0 Å². The highest BCUT2D eigenvalue weighted by Crippen LogP contribution is 2.42. The molecule has 0 radical (unpaired) electrons. The van der Waals surface area contributed by atoms with Crippen molar-refractivity contribution in [3.63, 3.8) is 0 Å². The van der Waals surface area contributed by atoms with Gasteiger partial charge in [-0.15, -0.1) is 13.2 Å². The molecule has 2 atom stereocenters. The van der Waals surface area contributed by atoms with Crippen LogP contribution in [0.15, 0.2) is 71.6 Å². The number of sulfonamides is 1. The van der Waals surface area contributed by atoms with Crippen LogP contribution >= 0.6 is 11.3 Å². The largest absolute Gasteiger partial charge is 0.522 e. The van der Waals surface area contributed by atoms with Crippen molar-refractivity contribution in [1.29, 1.82) is 0 Å². The van der Waals surface area contributed by atoms with Gasteiger partial charge in [-0.2, -0.15) is 13.2 Å². The van der Waals surface area contributed by atoms with Crippen LogP contribution < -0.4 is 9.46 Å². The van der Waals surface area contributed by atoms with Gasteiger partial charge in [0, 0.05) is 35.7 Å². The van der Waals surface area contributed by atoms with Crippen molar-refractivity contribution in [2.75, 3.05) is 4.72 Å². The summed E-state index contributed by atoms with van der Waals surface area (Å²) in [6, 6.07) is 11.3. The van der Waals surface area contributed by atoms with Crippen molar-refractivity contribution < 1.29 is 53.5 Å². The zero-order valence-corrected chi connectivity index (χ0v) is 24.6. The lowest BCUT2D eigenvalue weighted by Crippen LogP contribution is -2.23. The van der Waals surface area contributed by atoms with Crippen LogP contribution in [0.4, 0.5) is 41.6 Å².